The van der Waals surface area contributed by atoms with Crippen molar-refractivity contribution >= 4 is 11.5 Å². The Labute approximate surface area is 145 Å². The molecule has 24 heavy (non-hydrogen) atoms. The van der Waals surface area contributed by atoms with Gasteiger partial charge in [-0.3, -0.25) is 20.5 Å². The highest BCUT2D eigenvalue weighted by molar-refractivity contribution is 5.94. The minimum absolute atomic E-state index is 0.130. The minimum atomic E-state index is 0.130. The van der Waals surface area contributed by atoms with Crippen LogP contribution in [0.15, 0.2) is 24.3 Å². The molecular weight excluding hydrogens is 300 g/mol. The number of hydrogen-bond donors (Lipinski definition) is 2. The van der Waals surface area contributed by atoms with Gasteiger partial charge >= 0.3 is 0 Å². The van der Waals surface area contributed by atoms with Crippen LogP contribution in [-0.4, -0.2) is 55.5 Å². The molecule has 2 N–H and O–H groups in total. The molecule has 0 radical (unpaired) electrons. The lowest BCUT2D eigenvalue weighted by Gasteiger charge is -2.36. The van der Waals surface area contributed by atoms with E-state index in [2.05, 4.69) is 46.6 Å². The molecule has 1 aromatic rings. The number of hydrogen-bond acceptors (Lipinski definition) is 5. The molecule has 0 aromatic heterocycles. The minimum Gasteiger partial charge on any atom is -0.369 e. The molecule has 0 saturated carbocycles. The Balaban J connectivity index is 1.46. The SMILES string of the molecule is CC(=O)c1ccc(N2CCN(CCC3C(C)NNC3C)CC2)cc1. The average Bonchev–Trinajstić information content (AvgIpc) is 2.92. The topological polar surface area (TPSA) is 47.6 Å². The highest BCUT2D eigenvalue weighted by atomic mass is 16.1. The molecule has 2 aliphatic rings. The van der Waals surface area contributed by atoms with Crippen molar-refractivity contribution in [3.63, 3.8) is 0 Å². The Morgan fingerprint density at radius 3 is 2.17 bits per heavy atom. The first-order valence-corrected chi connectivity index (χ1v) is 9.14. The number of Topliss-reactive ketones (excluding diaryl/α,β-unsaturated/α-hetero) is 1. The van der Waals surface area contributed by atoms with E-state index in [1.54, 1.807) is 6.92 Å². The summed E-state index contributed by atoms with van der Waals surface area (Å²) in [5.41, 5.74) is 8.71. The summed E-state index contributed by atoms with van der Waals surface area (Å²) in [6.07, 6.45) is 1.25. The Kier molecular flexibility index (Phi) is 5.54. The lowest BCUT2D eigenvalue weighted by atomic mass is 9.93. The van der Waals surface area contributed by atoms with Gasteiger partial charge in [-0.15, -0.1) is 0 Å². The first-order valence-electron chi connectivity index (χ1n) is 9.14. The standard InChI is InChI=1S/C19H30N4O/c1-14-19(15(2)21-20-14)8-9-22-10-12-23(13-11-22)18-6-4-17(5-7-18)16(3)24/h4-7,14-15,19-21H,8-13H2,1-3H3. The molecule has 0 spiro atoms. The summed E-state index contributed by atoms with van der Waals surface area (Å²) >= 11 is 0. The van der Waals surface area contributed by atoms with E-state index in [0.717, 1.165) is 31.7 Å². The van der Waals surface area contributed by atoms with Crippen molar-refractivity contribution in [1.29, 1.82) is 0 Å². The molecule has 2 saturated heterocycles. The van der Waals surface area contributed by atoms with Crippen LogP contribution in [0.1, 0.15) is 37.6 Å². The number of nitrogens with one attached hydrogen (secondary N) is 2. The van der Waals surface area contributed by atoms with Crippen molar-refractivity contribution in [2.75, 3.05) is 37.6 Å². The summed E-state index contributed by atoms with van der Waals surface area (Å²) in [6, 6.07) is 9.14. The van der Waals surface area contributed by atoms with E-state index in [0.29, 0.717) is 18.0 Å². The van der Waals surface area contributed by atoms with Gasteiger partial charge in [0.2, 0.25) is 0 Å². The molecule has 3 rings (SSSR count). The Morgan fingerprint density at radius 2 is 1.62 bits per heavy atom. The zero-order valence-corrected chi connectivity index (χ0v) is 15.1. The fraction of sp³-hybridized carbons (Fsp3) is 0.632. The third-order valence-electron chi connectivity index (χ3n) is 5.61. The number of benzene rings is 1. The number of anilines is 1. The number of carbonyl (C=O) groups excluding carboxylic acids is 1. The average molecular weight is 330 g/mol. The van der Waals surface area contributed by atoms with Gasteiger partial charge in [0, 0.05) is 49.5 Å². The fourth-order valence-electron chi connectivity index (χ4n) is 3.88. The molecule has 5 heteroatoms. The van der Waals surface area contributed by atoms with Crippen LogP contribution in [0.3, 0.4) is 0 Å². The van der Waals surface area contributed by atoms with Gasteiger partial charge in [-0.1, -0.05) is 0 Å². The molecule has 132 valence electrons. The van der Waals surface area contributed by atoms with Crippen molar-refractivity contribution < 1.29 is 4.79 Å². The number of carbonyl (C=O) groups is 1. The Bertz CT molecular complexity index is 541. The van der Waals surface area contributed by atoms with Crippen molar-refractivity contribution in [3.8, 4) is 0 Å². The van der Waals surface area contributed by atoms with E-state index in [1.165, 1.54) is 18.7 Å². The van der Waals surface area contributed by atoms with Gasteiger partial charge in [-0.05, 0) is 63.9 Å². The molecule has 0 amide bonds. The molecular formula is C19H30N4O. The molecule has 2 fully saturated rings. The van der Waals surface area contributed by atoms with Crippen LogP contribution in [0.25, 0.3) is 0 Å². The third-order valence-corrected chi connectivity index (χ3v) is 5.61. The number of piperazine rings is 1. The summed E-state index contributed by atoms with van der Waals surface area (Å²) in [5, 5.41) is 0. The molecule has 0 aliphatic carbocycles. The normalized spacial score (nSPS) is 28.3. The lowest BCUT2D eigenvalue weighted by molar-refractivity contribution is 0.101. The second kappa shape index (κ2) is 7.64. The van der Waals surface area contributed by atoms with Crippen LogP contribution < -0.4 is 15.8 Å². The van der Waals surface area contributed by atoms with Gasteiger partial charge in [0.05, 0.1) is 0 Å². The second-order valence-electron chi connectivity index (χ2n) is 7.25. The Hall–Kier alpha value is -1.43. The summed E-state index contributed by atoms with van der Waals surface area (Å²) < 4.78 is 0. The van der Waals surface area contributed by atoms with Gasteiger partial charge < -0.3 is 4.90 Å². The van der Waals surface area contributed by atoms with Gasteiger partial charge in [-0.25, -0.2) is 0 Å². The maximum atomic E-state index is 11.4. The highest BCUT2D eigenvalue weighted by Gasteiger charge is 2.30. The van der Waals surface area contributed by atoms with Crippen molar-refractivity contribution in [1.82, 2.24) is 15.8 Å². The lowest BCUT2D eigenvalue weighted by Crippen LogP contribution is -2.47. The van der Waals surface area contributed by atoms with Gasteiger partial charge in [0.25, 0.3) is 0 Å². The highest BCUT2D eigenvalue weighted by Crippen LogP contribution is 2.21. The number of rotatable bonds is 5. The van der Waals surface area contributed by atoms with Gasteiger partial charge in [0.15, 0.2) is 5.78 Å². The van der Waals surface area contributed by atoms with E-state index < -0.39 is 0 Å². The smallest absolute Gasteiger partial charge is 0.159 e. The van der Waals surface area contributed by atoms with Crippen molar-refractivity contribution in [2.45, 2.75) is 39.3 Å². The first-order chi connectivity index (χ1) is 11.5. The van der Waals surface area contributed by atoms with E-state index in [1.807, 2.05) is 12.1 Å². The van der Waals surface area contributed by atoms with Crippen LogP contribution in [-0.2, 0) is 0 Å². The van der Waals surface area contributed by atoms with Crippen molar-refractivity contribution in [3.05, 3.63) is 29.8 Å². The van der Waals surface area contributed by atoms with E-state index in [4.69, 9.17) is 0 Å². The first kappa shape index (κ1) is 17.4. The van der Waals surface area contributed by atoms with E-state index in [9.17, 15) is 4.79 Å². The fourth-order valence-corrected chi connectivity index (χ4v) is 3.88. The van der Waals surface area contributed by atoms with E-state index in [-0.39, 0.29) is 5.78 Å². The summed E-state index contributed by atoms with van der Waals surface area (Å²) in [4.78, 5) is 16.4. The van der Waals surface area contributed by atoms with E-state index >= 15 is 0 Å². The number of ketones is 1. The maximum absolute atomic E-state index is 11.4. The zero-order valence-electron chi connectivity index (χ0n) is 15.1. The molecule has 2 unspecified atom stereocenters. The summed E-state index contributed by atoms with van der Waals surface area (Å²) in [6.45, 7) is 11.7. The molecule has 1 aromatic carbocycles. The molecule has 0 bridgehead atoms. The predicted molar refractivity (Wildman–Crippen MR) is 98.4 cm³/mol. The molecule has 2 heterocycles. The quantitative estimate of drug-likeness (QED) is 0.808. The molecule has 2 aliphatic heterocycles. The zero-order chi connectivity index (χ0) is 17.1. The van der Waals surface area contributed by atoms with Gasteiger partial charge in [-0.2, -0.15) is 0 Å². The number of nitrogens with zero attached hydrogens (tertiary/aromatic N) is 2. The largest absolute Gasteiger partial charge is 0.369 e. The van der Waals surface area contributed by atoms with Crippen LogP contribution in [0.5, 0.6) is 0 Å². The maximum Gasteiger partial charge on any atom is 0.159 e. The van der Waals surface area contributed by atoms with Crippen LogP contribution in [0.4, 0.5) is 5.69 Å². The number of hydrazine groups is 1. The van der Waals surface area contributed by atoms with Crippen LogP contribution in [0.2, 0.25) is 0 Å². The van der Waals surface area contributed by atoms with Gasteiger partial charge in [0.1, 0.15) is 0 Å². The molecule has 5 nitrogen and oxygen atoms in total. The summed E-state index contributed by atoms with van der Waals surface area (Å²) in [5.74, 6) is 0.841. The van der Waals surface area contributed by atoms with Crippen molar-refractivity contribution in [2.24, 2.45) is 5.92 Å². The predicted octanol–water partition coefficient (Wildman–Crippen LogP) is 1.90. The molecule has 2 atom stereocenters. The third kappa shape index (κ3) is 3.97. The van der Waals surface area contributed by atoms with Crippen LogP contribution in [0, 0.1) is 5.92 Å². The second-order valence-corrected chi connectivity index (χ2v) is 7.25. The summed E-state index contributed by atoms with van der Waals surface area (Å²) in [7, 11) is 0. The monoisotopic (exact) mass is 330 g/mol. The Morgan fingerprint density at radius 1 is 1.04 bits per heavy atom. The van der Waals surface area contributed by atoms with Crippen LogP contribution >= 0.6 is 0 Å².